The highest BCUT2D eigenvalue weighted by molar-refractivity contribution is 8.01. The van der Waals surface area contributed by atoms with E-state index in [1.54, 1.807) is 23.1 Å². The van der Waals surface area contributed by atoms with Crippen LogP contribution in [0.4, 0.5) is 0 Å². The van der Waals surface area contributed by atoms with Gasteiger partial charge in [0.25, 0.3) is 0 Å². The lowest BCUT2D eigenvalue weighted by atomic mass is 9.92. The highest BCUT2D eigenvalue weighted by Gasteiger charge is 2.53. The monoisotopic (exact) mass is 315 g/mol. The van der Waals surface area contributed by atoms with Gasteiger partial charge in [0.1, 0.15) is 0 Å². The SMILES string of the molecule is O=C(CSc1cccs1)N[C@@H]1[C@@H]2CCc3ccccc3[C@@H]21. The quantitative estimate of drug-likeness (QED) is 0.872. The predicted octanol–water partition coefficient (Wildman–Crippen LogP) is 3.68. The van der Waals surface area contributed by atoms with Crippen LogP contribution in [0.25, 0.3) is 0 Å². The van der Waals surface area contributed by atoms with Gasteiger partial charge in [0.05, 0.1) is 9.96 Å². The molecule has 1 fully saturated rings. The number of thioether (sulfide) groups is 1. The lowest BCUT2D eigenvalue weighted by Gasteiger charge is -2.13. The number of nitrogens with one attached hydrogen (secondary N) is 1. The van der Waals surface area contributed by atoms with Gasteiger partial charge < -0.3 is 5.32 Å². The van der Waals surface area contributed by atoms with Crippen molar-refractivity contribution < 1.29 is 4.79 Å². The third kappa shape index (κ3) is 2.62. The van der Waals surface area contributed by atoms with Crippen LogP contribution in [-0.4, -0.2) is 17.7 Å². The van der Waals surface area contributed by atoms with Crippen LogP contribution in [0.5, 0.6) is 0 Å². The Morgan fingerprint density at radius 3 is 3.05 bits per heavy atom. The zero-order chi connectivity index (χ0) is 14.2. The van der Waals surface area contributed by atoms with Crippen LogP contribution < -0.4 is 5.32 Å². The molecule has 1 saturated carbocycles. The number of hydrogen-bond donors (Lipinski definition) is 1. The third-order valence-corrected chi connectivity index (χ3v) is 6.63. The summed E-state index contributed by atoms with van der Waals surface area (Å²) >= 11 is 3.32. The summed E-state index contributed by atoms with van der Waals surface area (Å²) in [5.74, 6) is 1.92. The minimum Gasteiger partial charge on any atom is -0.352 e. The van der Waals surface area contributed by atoms with Gasteiger partial charge in [-0.2, -0.15) is 0 Å². The molecule has 1 heterocycles. The number of carbonyl (C=O) groups is 1. The first-order chi connectivity index (χ1) is 10.3. The number of aryl methyl sites for hydroxylation is 1. The molecule has 2 aliphatic rings. The third-order valence-electron chi connectivity index (χ3n) is 4.50. The molecular formula is C17H17NOS2. The van der Waals surface area contributed by atoms with E-state index in [1.165, 1.54) is 21.8 Å². The minimum absolute atomic E-state index is 0.172. The number of rotatable bonds is 4. The number of hydrogen-bond acceptors (Lipinski definition) is 3. The molecule has 0 spiro atoms. The first kappa shape index (κ1) is 13.4. The van der Waals surface area contributed by atoms with Gasteiger partial charge in [-0.3, -0.25) is 4.79 Å². The van der Waals surface area contributed by atoms with Gasteiger partial charge in [0, 0.05) is 12.0 Å². The highest BCUT2D eigenvalue weighted by Crippen LogP contribution is 2.54. The van der Waals surface area contributed by atoms with Crippen molar-refractivity contribution in [1.82, 2.24) is 5.32 Å². The normalized spacial score (nSPS) is 25.8. The van der Waals surface area contributed by atoms with Gasteiger partial charge in [-0.15, -0.1) is 23.1 Å². The summed E-state index contributed by atoms with van der Waals surface area (Å²) in [5.41, 5.74) is 2.94. The number of fused-ring (bicyclic) bond motifs is 3. The molecule has 0 saturated heterocycles. The fourth-order valence-electron chi connectivity index (χ4n) is 3.47. The van der Waals surface area contributed by atoms with Crippen LogP contribution in [0.1, 0.15) is 23.5 Å². The molecule has 1 aromatic carbocycles. The second kappa shape index (κ2) is 5.50. The first-order valence-corrected chi connectivity index (χ1v) is 9.23. The Morgan fingerprint density at radius 1 is 1.29 bits per heavy atom. The summed E-state index contributed by atoms with van der Waals surface area (Å²) in [6.07, 6.45) is 2.37. The molecule has 1 N–H and O–H groups in total. The Labute approximate surface area is 133 Å². The Hall–Kier alpha value is -1.26. The summed E-state index contributed by atoms with van der Waals surface area (Å²) in [4.78, 5) is 12.1. The van der Waals surface area contributed by atoms with E-state index >= 15 is 0 Å². The average Bonchev–Trinajstić information content (AvgIpc) is 2.96. The Kier molecular flexibility index (Phi) is 3.51. The molecule has 2 aromatic rings. The average molecular weight is 315 g/mol. The van der Waals surface area contributed by atoms with Gasteiger partial charge in [-0.25, -0.2) is 0 Å². The summed E-state index contributed by atoms with van der Waals surface area (Å²) in [6.45, 7) is 0. The zero-order valence-electron chi connectivity index (χ0n) is 11.6. The van der Waals surface area contributed by atoms with E-state index in [4.69, 9.17) is 0 Å². The summed E-state index contributed by atoms with van der Waals surface area (Å²) in [6, 6.07) is 13.2. The first-order valence-electron chi connectivity index (χ1n) is 7.36. The largest absolute Gasteiger partial charge is 0.352 e. The van der Waals surface area contributed by atoms with E-state index in [1.807, 2.05) is 11.4 Å². The fourth-order valence-corrected chi connectivity index (χ4v) is 5.07. The standard InChI is InChI=1S/C17H17NOS2/c19-14(10-21-15-6-3-9-20-15)18-17-13-8-7-11-4-1-2-5-12(11)16(13)17/h1-6,9,13,16-17H,7-8,10H2,(H,18,19)/t13-,16+,17-/m1/s1. The van der Waals surface area contributed by atoms with Gasteiger partial charge in [0.15, 0.2) is 0 Å². The Morgan fingerprint density at radius 2 is 2.19 bits per heavy atom. The lowest BCUT2D eigenvalue weighted by molar-refractivity contribution is -0.118. The smallest absolute Gasteiger partial charge is 0.230 e. The van der Waals surface area contributed by atoms with E-state index in [9.17, 15) is 4.79 Å². The van der Waals surface area contributed by atoms with E-state index in [0.29, 0.717) is 23.6 Å². The van der Waals surface area contributed by atoms with E-state index in [-0.39, 0.29) is 5.91 Å². The van der Waals surface area contributed by atoms with Crippen molar-refractivity contribution >= 4 is 29.0 Å². The molecule has 0 bridgehead atoms. The Bertz CT molecular complexity index is 653. The molecule has 0 aliphatic heterocycles. The van der Waals surface area contributed by atoms with Crippen molar-refractivity contribution in [2.75, 3.05) is 5.75 Å². The van der Waals surface area contributed by atoms with Gasteiger partial charge in [-0.05, 0) is 41.3 Å². The number of thiophene rings is 1. The van der Waals surface area contributed by atoms with Crippen molar-refractivity contribution in [2.24, 2.45) is 5.92 Å². The van der Waals surface area contributed by atoms with Crippen LogP contribution >= 0.6 is 23.1 Å². The van der Waals surface area contributed by atoms with E-state index < -0.39 is 0 Å². The maximum Gasteiger partial charge on any atom is 0.230 e. The highest BCUT2D eigenvalue weighted by atomic mass is 32.2. The van der Waals surface area contributed by atoms with Crippen LogP contribution in [0, 0.1) is 5.92 Å². The van der Waals surface area contributed by atoms with Crippen LogP contribution in [0.15, 0.2) is 46.0 Å². The van der Waals surface area contributed by atoms with Crippen molar-refractivity contribution in [3.63, 3.8) is 0 Å². The summed E-state index contributed by atoms with van der Waals surface area (Å²) in [7, 11) is 0. The molecule has 3 atom stereocenters. The lowest BCUT2D eigenvalue weighted by Crippen LogP contribution is -2.29. The van der Waals surface area contributed by atoms with Crippen molar-refractivity contribution in [1.29, 1.82) is 0 Å². The number of amides is 1. The Balaban J connectivity index is 1.36. The molecule has 108 valence electrons. The van der Waals surface area contributed by atoms with E-state index in [0.717, 1.165) is 6.42 Å². The van der Waals surface area contributed by atoms with Crippen molar-refractivity contribution in [3.05, 3.63) is 52.9 Å². The van der Waals surface area contributed by atoms with Crippen LogP contribution in [0.3, 0.4) is 0 Å². The molecule has 0 radical (unpaired) electrons. The molecular weight excluding hydrogens is 298 g/mol. The predicted molar refractivity (Wildman–Crippen MR) is 88.0 cm³/mol. The molecule has 0 unspecified atom stereocenters. The summed E-state index contributed by atoms with van der Waals surface area (Å²) < 4.78 is 1.21. The molecule has 21 heavy (non-hydrogen) atoms. The second-order valence-electron chi connectivity index (χ2n) is 5.74. The van der Waals surface area contributed by atoms with Gasteiger partial charge >= 0.3 is 0 Å². The fraction of sp³-hybridized carbons (Fsp3) is 0.353. The molecule has 2 aliphatic carbocycles. The zero-order valence-corrected chi connectivity index (χ0v) is 13.3. The minimum atomic E-state index is 0.172. The van der Waals surface area contributed by atoms with Gasteiger partial charge in [0.2, 0.25) is 5.91 Å². The number of benzene rings is 1. The molecule has 4 rings (SSSR count). The van der Waals surface area contributed by atoms with Crippen LogP contribution in [-0.2, 0) is 11.2 Å². The van der Waals surface area contributed by atoms with Gasteiger partial charge in [-0.1, -0.05) is 30.3 Å². The second-order valence-corrected chi connectivity index (χ2v) is 7.96. The molecule has 4 heteroatoms. The number of carbonyl (C=O) groups excluding carboxylic acids is 1. The molecule has 2 nitrogen and oxygen atoms in total. The maximum absolute atomic E-state index is 12.1. The van der Waals surface area contributed by atoms with Crippen LogP contribution in [0.2, 0.25) is 0 Å². The summed E-state index contributed by atoms with van der Waals surface area (Å²) in [5, 5.41) is 5.29. The van der Waals surface area contributed by atoms with Crippen molar-refractivity contribution in [3.8, 4) is 0 Å². The van der Waals surface area contributed by atoms with E-state index in [2.05, 4.69) is 35.6 Å². The molecule has 1 amide bonds. The maximum atomic E-state index is 12.1. The molecule has 1 aromatic heterocycles. The topological polar surface area (TPSA) is 29.1 Å². The van der Waals surface area contributed by atoms with Crippen molar-refractivity contribution in [2.45, 2.75) is 29.0 Å².